The predicted molar refractivity (Wildman–Crippen MR) is 184 cm³/mol. The Morgan fingerprint density at radius 3 is 1.35 bits per heavy atom. The molecule has 6 rings (SSSR count). The average molecular weight is 787 g/mol. The summed E-state index contributed by atoms with van der Waals surface area (Å²) in [5.41, 5.74) is 8.10. The van der Waals surface area contributed by atoms with Crippen molar-refractivity contribution in [2.24, 2.45) is 5.73 Å². The first kappa shape index (κ1) is 42.2. The number of hydrogen-bond donors (Lipinski definition) is 3. The predicted octanol–water partition coefficient (Wildman–Crippen LogP) is 6.15. The fraction of sp³-hybridized carbons (Fsp3) is 0.176. The second-order valence-corrected chi connectivity index (χ2v) is 10.5. The highest BCUT2D eigenvalue weighted by molar-refractivity contribution is 5.85. The zero-order chi connectivity index (χ0) is 39.1. The van der Waals surface area contributed by atoms with E-state index in [0.717, 1.165) is 16.7 Å². The molecule has 0 saturated carbocycles. The maximum absolute atomic E-state index is 12.2. The van der Waals surface area contributed by atoms with Gasteiger partial charge in [0.1, 0.15) is 24.6 Å². The second-order valence-electron chi connectivity index (χ2n) is 10.5. The molecule has 0 radical (unpaired) electrons. The number of aromatic nitrogens is 2. The summed E-state index contributed by atoms with van der Waals surface area (Å²) in [4.78, 5) is 46.0. The van der Waals surface area contributed by atoms with Crippen molar-refractivity contribution in [2.75, 3.05) is 14.1 Å². The summed E-state index contributed by atoms with van der Waals surface area (Å²) in [6.45, 7) is -0.766. The van der Waals surface area contributed by atoms with Gasteiger partial charge in [-0.15, -0.1) is 38.7 Å². The molecule has 4 N–H and O–H groups in total. The first-order valence-corrected chi connectivity index (χ1v) is 15.0. The lowest BCUT2D eigenvalue weighted by Gasteiger charge is -2.09. The third kappa shape index (κ3) is 10.9. The van der Waals surface area contributed by atoms with Crippen molar-refractivity contribution in [3.8, 4) is 33.8 Å². The molecule has 1 amide bonds. The smallest absolute Gasteiger partial charge is 0.480 e. The van der Waals surface area contributed by atoms with E-state index in [1.165, 1.54) is 67.2 Å². The molecule has 4 aromatic carbocycles. The number of alkyl halides is 6. The first-order valence-electron chi connectivity index (χ1n) is 15.0. The van der Waals surface area contributed by atoms with Crippen LogP contribution < -0.4 is 32.0 Å². The molecule has 0 atom stereocenters. The lowest BCUT2D eigenvalue weighted by Crippen LogP contribution is -2.27. The van der Waals surface area contributed by atoms with Gasteiger partial charge in [-0.1, -0.05) is 36.4 Å². The average Bonchev–Trinajstić information content (AvgIpc) is 3.58. The summed E-state index contributed by atoms with van der Waals surface area (Å²) in [7, 11) is 2.95. The zero-order valence-electron chi connectivity index (χ0n) is 27.9. The highest BCUT2D eigenvalue weighted by Crippen LogP contribution is 2.30. The van der Waals surface area contributed by atoms with Crippen molar-refractivity contribution in [3.05, 3.63) is 106 Å². The number of nitrogens with one attached hydrogen (secondary N) is 1. The number of oxazole rings is 2. The molecular formula is C34H29ClF6N4O9. The first-order chi connectivity index (χ1) is 25.0. The molecule has 0 saturated heterocycles. The van der Waals surface area contributed by atoms with Crippen molar-refractivity contribution in [3.63, 3.8) is 0 Å². The van der Waals surface area contributed by atoms with Crippen molar-refractivity contribution < 1.29 is 59.3 Å². The Morgan fingerprint density at radius 2 is 1.02 bits per heavy atom. The minimum atomic E-state index is -4.77. The van der Waals surface area contributed by atoms with Crippen LogP contribution in [0.2, 0.25) is 0 Å². The maximum atomic E-state index is 12.2. The third-order valence-corrected chi connectivity index (χ3v) is 7.05. The fourth-order valence-electron chi connectivity index (χ4n) is 4.84. The zero-order valence-corrected chi connectivity index (χ0v) is 28.7. The lowest BCUT2D eigenvalue weighted by molar-refractivity contribution is -0.275. The Bertz CT molecular complexity index is 2330. The summed E-state index contributed by atoms with van der Waals surface area (Å²) in [5.74, 6) is -3.73. The van der Waals surface area contributed by atoms with E-state index in [2.05, 4.69) is 20.5 Å². The number of halogens is 7. The molecule has 0 aliphatic heterocycles. The molecule has 0 aliphatic carbocycles. The number of carbonyl (C=O) groups excluding carboxylic acids is 1. The second kappa shape index (κ2) is 17.5. The number of carboxylic acid groups (broad SMARTS) is 1. The summed E-state index contributed by atoms with van der Waals surface area (Å²) in [6, 6.07) is 19.9. The summed E-state index contributed by atoms with van der Waals surface area (Å²) >= 11 is 0. The number of fused-ring (bicyclic) bond motifs is 2. The van der Waals surface area contributed by atoms with Crippen LogP contribution in [0.15, 0.2) is 103 Å². The van der Waals surface area contributed by atoms with Crippen molar-refractivity contribution >= 4 is 46.5 Å². The van der Waals surface area contributed by atoms with E-state index in [1.807, 2.05) is 0 Å². The minimum Gasteiger partial charge on any atom is -0.480 e. The van der Waals surface area contributed by atoms with E-state index in [4.69, 9.17) is 13.9 Å². The number of hydrogen-bond acceptors (Lipinski definition) is 9. The number of amides is 1. The maximum Gasteiger partial charge on any atom is 0.573 e. The van der Waals surface area contributed by atoms with Gasteiger partial charge in [0.2, 0.25) is 5.91 Å². The topological polar surface area (TPSA) is 181 Å². The molecule has 0 fully saturated rings. The Morgan fingerprint density at radius 1 is 0.667 bits per heavy atom. The summed E-state index contributed by atoms with van der Waals surface area (Å²) in [5, 5.41) is 11.3. The number of ether oxygens (including phenoxy) is 2. The van der Waals surface area contributed by atoms with Gasteiger partial charge in [-0.05, 0) is 77.8 Å². The third-order valence-electron chi connectivity index (χ3n) is 7.05. The van der Waals surface area contributed by atoms with Gasteiger partial charge in [0, 0.05) is 7.05 Å². The number of carboxylic acids is 1. The van der Waals surface area contributed by atoms with Gasteiger partial charge in [-0.25, -0.2) is 9.59 Å². The van der Waals surface area contributed by atoms with Crippen LogP contribution in [0.3, 0.4) is 0 Å². The van der Waals surface area contributed by atoms with Crippen LogP contribution in [0.25, 0.3) is 44.5 Å². The largest absolute Gasteiger partial charge is 0.573 e. The fourth-order valence-corrected chi connectivity index (χ4v) is 4.84. The Labute approximate surface area is 305 Å². The minimum absolute atomic E-state index is 0. The Balaban J connectivity index is 0.000000273. The van der Waals surface area contributed by atoms with Crippen molar-refractivity contribution in [1.82, 2.24) is 14.5 Å². The SMILES string of the molecule is CN.CNC(=O)Cn1c(=O)oc2ccc(-c3ccc(OC(F)(F)F)cc3)cc21.Cl.O=C(O)Cn1c(=O)oc2ccc(-c3ccc(OC(F)(F)F)cc3)cc21. The van der Waals surface area contributed by atoms with Gasteiger partial charge in [0.15, 0.2) is 11.2 Å². The van der Waals surface area contributed by atoms with Gasteiger partial charge >= 0.3 is 30.2 Å². The van der Waals surface area contributed by atoms with Crippen LogP contribution in [0.5, 0.6) is 11.5 Å². The molecule has 0 bridgehead atoms. The highest BCUT2D eigenvalue weighted by atomic mass is 35.5. The molecule has 20 heteroatoms. The van der Waals surface area contributed by atoms with E-state index < -0.39 is 36.8 Å². The molecule has 6 aromatic rings. The summed E-state index contributed by atoms with van der Waals surface area (Å²) < 4.78 is 93.0. The van der Waals surface area contributed by atoms with Crippen LogP contribution in [0, 0.1) is 0 Å². The molecule has 0 spiro atoms. The van der Waals surface area contributed by atoms with Gasteiger partial charge < -0.3 is 34.5 Å². The van der Waals surface area contributed by atoms with Crippen LogP contribution in [0.4, 0.5) is 26.3 Å². The van der Waals surface area contributed by atoms with Gasteiger partial charge in [-0.2, -0.15) is 0 Å². The number of carbonyl (C=O) groups is 2. The molecule has 2 heterocycles. The molecule has 0 unspecified atom stereocenters. The Kier molecular flexibility index (Phi) is 13.7. The molecule has 54 heavy (non-hydrogen) atoms. The van der Waals surface area contributed by atoms with E-state index in [9.17, 15) is 45.5 Å². The normalized spacial score (nSPS) is 11.1. The number of rotatable bonds is 8. The van der Waals surface area contributed by atoms with Crippen LogP contribution in [0.1, 0.15) is 0 Å². The molecular weight excluding hydrogens is 758 g/mol. The number of benzene rings is 4. The Hall–Kier alpha value is -6.21. The molecule has 13 nitrogen and oxygen atoms in total. The van der Waals surface area contributed by atoms with Crippen LogP contribution in [-0.2, 0) is 22.7 Å². The van der Waals surface area contributed by atoms with E-state index in [0.29, 0.717) is 33.4 Å². The molecule has 2 aromatic heterocycles. The van der Waals surface area contributed by atoms with Gasteiger partial charge in [-0.3, -0.25) is 18.7 Å². The van der Waals surface area contributed by atoms with Gasteiger partial charge in [0.25, 0.3) is 0 Å². The van der Waals surface area contributed by atoms with E-state index in [1.54, 1.807) is 24.3 Å². The monoisotopic (exact) mass is 786 g/mol. The molecule has 288 valence electrons. The van der Waals surface area contributed by atoms with Crippen molar-refractivity contribution in [2.45, 2.75) is 25.8 Å². The van der Waals surface area contributed by atoms with E-state index in [-0.39, 0.29) is 47.5 Å². The number of aliphatic carboxylic acids is 1. The molecule has 0 aliphatic rings. The van der Waals surface area contributed by atoms with Crippen molar-refractivity contribution in [1.29, 1.82) is 0 Å². The van der Waals surface area contributed by atoms with Crippen LogP contribution in [-0.4, -0.2) is 52.9 Å². The standard InChI is InChI=1S/C17H13F3N2O4.C16H10F3NO5.CH5N.ClH/c1-21-15(23)9-22-13-8-11(4-7-14(13)25-16(22)24)10-2-5-12(6-3-10)26-17(18,19)20;17-16(18,19)25-11-4-1-9(2-5-11)10-3-6-13-12(7-10)20(8-14(21)22)15(23)24-13;1-2;/h2-8H,9H2,1H3,(H,21,23);1-7H,8H2,(H,21,22);2H2,1H3;1H. The number of nitrogens with two attached hydrogens (primary N) is 1. The highest BCUT2D eigenvalue weighted by Gasteiger charge is 2.31. The summed E-state index contributed by atoms with van der Waals surface area (Å²) in [6.07, 6.45) is -9.53. The number of nitrogens with zero attached hydrogens (tertiary/aromatic N) is 2. The quantitative estimate of drug-likeness (QED) is 0.152. The number of likely N-dealkylation sites (N-methyl/N-ethyl adjacent to an activating group) is 1. The van der Waals surface area contributed by atoms with E-state index >= 15 is 0 Å². The van der Waals surface area contributed by atoms with Crippen LogP contribution >= 0.6 is 12.4 Å². The van der Waals surface area contributed by atoms with Gasteiger partial charge in [0.05, 0.1) is 11.0 Å². The lowest BCUT2D eigenvalue weighted by atomic mass is 10.1.